The van der Waals surface area contributed by atoms with Crippen LogP contribution in [0.5, 0.6) is 0 Å². The molecule has 92 valence electrons. The van der Waals surface area contributed by atoms with E-state index in [0.717, 1.165) is 17.9 Å². The average molecular weight is 223 g/mol. The zero-order valence-electron chi connectivity index (χ0n) is 10.9. The van der Waals surface area contributed by atoms with Gasteiger partial charge in [0.25, 0.3) is 0 Å². The second kappa shape index (κ2) is 6.72. The number of amides is 1. The topological polar surface area (TPSA) is 29.1 Å². The fourth-order valence-corrected chi connectivity index (χ4v) is 2.53. The van der Waals surface area contributed by atoms with Crippen molar-refractivity contribution in [3.8, 4) is 0 Å². The van der Waals surface area contributed by atoms with Crippen LogP contribution in [0.2, 0.25) is 0 Å². The van der Waals surface area contributed by atoms with Crippen LogP contribution in [0, 0.1) is 5.92 Å². The SMILES string of the molecule is CCCC[C@@H]1CCC[C@@H]1NC(=O)C=C(C)C. The van der Waals surface area contributed by atoms with E-state index in [9.17, 15) is 4.79 Å². The van der Waals surface area contributed by atoms with Gasteiger partial charge in [-0.15, -0.1) is 0 Å². The van der Waals surface area contributed by atoms with Crippen LogP contribution in [0.3, 0.4) is 0 Å². The number of hydrogen-bond donors (Lipinski definition) is 1. The van der Waals surface area contributed by atoms with Crippen molar-refractivity contribution in [1.82, 2.24) is 5.32 Å². The van der Waals surface area contributed by atoms with Crippen LogP contribution in [0.1, 0.15) is 59.3 Å². The van der Waals surface area contributed by atoms with Crippen LogP contribution in [0.15, 0.2) is 11.6 Å². The number of allylic oxidation sites excluding steroid dienone is 1. The zero-order valence-corrected chi connectivity index (χ0v) is 10.9. The highest BCUT2D eigenvalue weighted by Crippen LogP contribution is 2.29. The standard InChI is InChI=1S/C14H25NO/c1-4-5-7-12-8-6-9-13(12)15-14(16)10-11(2)3/h10,12-13H,4-9H2,1-3H3,(H,15,16)/t12-,13+/m1/s1. The van der Waals surface area contributed by atoms with Gasteiger partial charge in [0.2, 0.25) is 5.91 Å². The minimum Gasteiger partial charge on any atom is -0.350 e. The molecule has 0 bridgehead atoms. The highest BCUT2D eigenvalue weighted by Gasteiger charge is 2.27. The number of unbranched alkanes of at least 4 members (excludes halogenated alkanes) is 1. The van der Waals surface area contributed by atoms with Crippen molar-refractivity contribution in [2.45, 2.75) is 65.3 Å². The first-order valence-corrected chi connectivity index (χ1v) is 6.59. The highest BCUT2D eigenvalue weighted by molar-refractivity contribution is 5.88. The van der Waals surface area contributed by atoms with Gasteiger partial charge in [0.1, 0.15) is 0 Å². The van der Waals surface area contributed by atoms with E-state index in [0.29, 0.717) is 6.04 Å². The van der Waals surface area contributed by atoms with Crippen LogP contribution in [0.4, 0.5) is 0 Å². The van der Waals surface area contributed by atoms with E-state index in [-0.39, 0.29) is 5.91 Å². The summed E-state index contributed by atoms with van der Waals surface area (Å²) < 4.78 is 0. The predicted octanol–water partition coefficient (Wildman–Crippen LogP) is 3.43. The fourth-order valence-electron chi connectivity index (χ4n) is 2.53. The van der Waals surface area contributed by atoms with Gasteiger partial charge in [-0.25, -0.2) is 0 Å². The van der Waals surface area contributed by atoms with Gasteiger partial charge >= 0.3 is 0 Å². The lowest BCUT2D eigenvalue weighted by Gasteiger charge is -2.20. The summed E-state index contributed by atoms with van der Waals surface area (Å²) >= 11 is 0. The maximum atomic E-state index is 11.6. The normalized spacial score (nSPS) is 24.2. The van der Waals surface area contributed by atoms with Crippen molar-refractivity contribution in [3.05, 3.63) is 11.6 Å². The molecule has 1 aliphatic carbocycles. The van der Waals surface area contributed by atoms with Crippen molar-refractivity contribution < 1.29 is 4.79 Å². The lowest BCUT2D eigenvalue weighted by Crippen LogP contribution is -2.36. The molecule has 0 aromatic carbocycles. The van der Waals surface area contributed by atoms with Crippen molar-refractivity contribution >= 4 is 5.91 Å². The van der Waals surface area contributed by atoms with Crippen LogP contribution in [0.25, 0.3) is 0 Å². The monoisotopic (exact) mass is 223 g/mol. The Hall–Kier alpha value is -0.790. The fraction of sp³-hybridized carbons (Fsp3) is 0.786. The quantitative estimate of drug-likeness (QED) is 0.711. The molecule has 1 fully saturated rings. The first kappa shape index (κ1) is 13.3. The first-order valence-electron chi connectivity index (χ1n) is 6.59. The molecule has 1 N–H and O–H groups in total. The summed E-state index contributed by atoms with van der Waals surface area (Å²) in [6, 6.07) is 0.426. The van der Waals surface area contributed by atoms with E-state index in [1.165, 1.54) is 32.1 Å². The summed E-state index contributed by atoms with van der Waals surface area (Å²) in [5.74, 6) is 0.808. The molecule has 0 saturated heterocycles. The smallest absolute Gasteiger partial charge is 0.244 e. The lowest BCUT2D eigenvalue weighted by molar-refractivity contribution is -0.117. The third kappa shape index (κ3) is 4.38. The molecule has 0 aliphatic heterocycles. The maximum absolute atomic E-state index is 11.6. The zero-order chi connectivity index (χ0) is 12.0. The van der Waals surface area contributed by atoms with Crippen molar-refractivity contribution in [2.24, 2.45) is 5.92 Å². The van der Waals surface area contributed by atoms with Crippen LogP contribution >= 0.6 is 0 Å². The molecule has 2 nitrogen and oxygen atoms in total. The highest BCUT2D eigenvalue weighted by atomic mass is 16.1. The molecule has 1 rings (SSSR count). The number of carbonyl (C=O) groups excluding carboxylic acids is 1. The molecular weight excluding hydrogens is 198 g/mol. The van der Waals surface area contributed by atoms with Crippen LogP contribution < -0.4 is 5.32 Å². The molecule has 16 heavy (non-hydrogen) atoms. The summed E-state index contributed by atoms with van der Waals surface area (Å²) in [5.41, 5.74) is 1.07. The molecule has 0 heterocycles. The summed E-state index contributed by atoms with van der Waals surface area (Å²) in [7, 11) is 0. The molecule has 1 amide bonds. The molecule has 2 heteroatoms. The maximum Gasteiger partial charge on any atom is 0.244 e. The van der Waals surface area contributed by atoms with E-state index in [4.69, 9.17) is 0 Å². The molecule has 0 aromatic heterocycles. The number of hydrogen-bond acceptors (Lipinski definition) is 1. The summed E-state index contributed by atoms with van der Waals surface area (Å²) in [6.45, 7) is 6.15. The Morgan fingerprint density at radius 3 is 2.75 bits per heavy atom. The van der Waals surface area contributed by atoms with Gasteiger partial charge in [0, 0.05) is 12.1 Å². The Labute approximate surface area is 99.5 Å². The van der Waals surface area contributed by atoms with Crippen molar-refractivity contribution in [1.29, 1.82) is 0 Å². The van der Waals surface area contributed by atoms with Gasteiger partial charge in [-0.05, 0) is 39.0 Å². The molecule has 0 unspecified atom stereocenters. The van der Waals surface area contributed by atoms with Gasteiger partial charge in [-0.3, -0.25) is 4.79 Å². The molecule has 1 aliphatic rings. The Bertz CT molecular complexity index is 253. The minimum atomic E-state index is 0.0911. The first-order chi connectivity index (χ1) is 7.63. The lowest BCUT2D eigenvalue weighted by atomic mass is 9.97. The van der Waals surface area contributed by atoms with Gasteiger partial charge in [0.15, 0.2) is 0 Å². The van der Waals surface area contributed by atoms with E-state index < -0.39 is 0 Å². The third-order valence-electron chi connectivity index (χ3n) is 3.33. The number of carbonyl (C=O) groups is 1. The predicted molar refractivity (Wildman–Crippen MR) is 68.2 cm³/mol. The second-order valence-corrected chi connectivity index (χ2v) is 5.17. The summed E-state index contributed by atoms with van der Waals surface area (Å²) in [6.07, 6.45) is 9.25. The van der Waals surface area contributed by atoms with Crippen molar-refractivity contribution in [2.75, 3.05) is 0 Å². The Kier molecular flexibility index (Phi) is 5.58. The van der Waals surface area contributed by atoms with Gasteiger partial charge < -0.3 is 5.32 Å². The Morgan fingerprint density at radius 1 is 1.38 bits per heavy atom. The van der Waals surface area contributed by atoms with E-state index in [1.54, 1.807) is 6.08 Å². The van der Waals surface area contributed by atoms with Gasteiger partial charge in [0.05, 0.1) is 0 Å². The molecule has 0 aromatic rings. The van der Waals surface area contributed by atoms with E-state index in [2.05, 4.69) is 12.2 Å². The minimum absolute atomic E-state index is 0.0911. The van der Waals surface area contributed by atoms with Crippen LogP contribution in [-0.2, 0) is 4.79 Å². The summed E-state index contributed by atoms with van der Waals surface area (Å²) in [5, 5.41) is 3.15. The summed E-state index contributed by atoms with van der Waals surface area (Å²) in [4.78, 5) is 11.6. The Morgan fingerprint density at radius 2 is 2.12 bits per heavy atom. The largest absolute Gasteiger partial charge is 0.350 e. The van der Waals surface area contributed by atoms with E-state index in [1.807, 2.05) is 13.8 Å². The molecule has 1 saturated carbocycles. The molecule has 0 radical (unpaired) electrons. The van der Waals surface area contributed by atoms with Crippen molar-refractivity contribution in [3.63, 3.8) is 0 Å². The van der Waals surface area contributed by atoms with Crippen LogP contribution in [-0.4, -0.2) is 11.9 Å². The molecule has 2 atom stereocenters. The molecular formula is C14H25NO. The van der Waals surface area contributed by atoms with E-state index >= 15 is 0 Å². The van der Waals surface area contributed by atoms with Gasteiger partial charge in [-0.1, -0.05) is 31.8 Å². The third-order valence-corrected chi connectivity index (χ3v) is 3.33. The average Bonchev–Trinajstić information content (AvgIpc) is 2.61. The molecule has 0 spiro atoms. The number of nitrogens with one attached hydrogen (secondary N) is 1. The number of rotatable bonds is 5. The van der Waals surface area contributed by atoms with Gasteiger partial charge in [-0.2, -0.15) is 0 Å². The Balaban J connectivity index is 2.40. The second-order valence-electron chi connectivity index (χ2n) is 5.17.